The first-order valence-corrected chi connectivity index (χ1v) is 57.4. The van der Waals surface area contributed by atoms with Gasteiger partial charge in [0, 0.05) is 64.5 Å². The number of alkyl halides is 3. The Bertz CT molecular complexity index is 6580. The van der Waals surface area contributed by atoms with Crippen molar-refractivity contribution in [3.8, 4) is 28.7 Å². The highest BCUT2D eigenvalue weighted by atomic mass is 32.2. The van der Waals surface area contributed by atoms with Crippen LogP contribution >= 0.6 is 0 Å². The van der Waals surface area contributed by atoms with Crippen molar-refractivity contribution in [3.63, 3.8) is 0 Å². The first kappa shape index (κ1) is 120. The van der Waals surface area contributed by atoms with Crippen LogP contribution in [0.25, 0.3) is 0 Å². The van der Waals surface area contributed by atoms with Gasteiger partial charge in [0.1, 0.15) is 28.7 Å². The fourth-order valence-electron chi connectivity index (χ4n) is 18.5. The maximum absolute atomic E-state index is 12.6. The van der Waals surface area contributed by atoms with Gasteiger partial charge in [-0.15, -0.1) is 0 Å². The van der Waals surface area contributed by atoms with Crippen LogP contribution in [-0.4, -0.2) is 157 Å². The molecule has 816 valence electrons. The molecule has 9 aliphatic heterocycles. The van der Waals surface area contributed by atoms with E-state index < -0.39 is 47.3 Å². The van der Waals surface area contributed by atoms with Crippen molar-refractivity contribution >= 4 is 93.9 Å². The fraction of sp³-hybridized carbons (Fsp3) is 0.492. The molecule has 150 heavy (non-hydrogen) atoms. The molecule has 9 aromatic rings. The van der Waals surface area contributed by atoms with Crippen LogP contribution in [0.5, 0.6) is 28.7 Å². The van der Waals surface area contributed by atoms with Crippen molar-refractivity contribution in [1.29, 1.82) is 0 Å². The number of carbonyl (C=O) groups is 6. The second-order valence-corrected chi connectivity index (χ2v) is 50.0. The van der Waals surface area contributed by atoms with E-state index in [9.17, 15) is 67.2 Å². The van der Waals surface area contributed by atoms with Gasteiger partial charge in [0.25, 0.3) is 45.5 Å². The van der Waals surface area contributed by atoms with Crippen molar-refractivity contribution in [3.05, 3.63) is 258 Å². The monoisotopic (exact) mass is 2130 g/mol. The minimum atomic E-state index is -5.24. The molecule has 26 nitrogen and oxygen atoms in total. The second kappa shape index (κ2) is 53.4. The summed E-state index contributed by atoms with van der Waals surface area (Å²) in [6, 6.07) is 54.5. The summed E-state index contributed by atoms with van der Waals surface area (Å²) in [5.41, 5.74) is 16.9. The summed E-state index contributed by atoms with van der Waals surface area (Å²) in [5.74, 6) is 8.70. The molecule has 9 aromatic carbocycles. The Balaban J connectivity index is 0.000000173. The molecular weight excluding hydrogens is 1970 g/mol. The summed E-state index contributed by atoms with van der Waals surface area (Å²) < 4.78 is 138. The van der Waals surface area contributed by atoms with Crippen molar-refractivity contribution in [1.82, 2.24) is 18.8 Å². The molecule has 0 saturated heterocycles. The Morgan fingerprint density at radius 1 is 0.413 bits per heavy atom. The van der Waals surface area contributed by atoms with E-state index >= 15 is 0 Å². The van der Waals surface area contributed by atoms with Gasteiger partial charge >= 0.3 is 15.5 Å². The van der Waals surface area contributed by atoms with Crippen LogP contribution in [-0.2, 0) is 146 Å². The van der Waals surface area contributed by atoms with E-state index in [1.807, 2.05) is 103 Å². The quantitative estimate of drug-likeness (QED) is 0.0473. The molecule has 32 heteroatoms. The first-order chi connectivity index (χ1) is 70.3. The highest BCUT2D eigenvalue weighted by molar-refractivity contribution is 7.92. The minimum Gasteiger partial charge on any atom is -0.482 e. The molecule has 18 rings (SSSR count). The average Bonchev–Trinajstić information content (AvgIpc) is 0.776. The Labute approximate surface area is 888 Å². The lowest BCUT2D eigenvalue weighted by molar-refractivity contribution is -0.129. The second-order valence-electron chi connectivity index (χ2n) is 44.4. The zero-order valence-corrected chi connectivity index (χ0v) is 94.5. The van der Waals surface area contributed by atoms with E-state index in [1.54, 1.807) is 37.0 Å². The number of carbonyl (C=O) groups excluding carboxylic acids is 6. The Morgan fingerprint density at radius 2 is 0.787 bits per heavy atom. The number of fused-ring (bicyclic) bond motifs is 9. The number of nitrogens with one attached hydrogen (secondary N) is 5. The van der Waals surface area contributed by atoms with E-state index in [4.69, 9.17) is 23.7 Å². The topological polar surface area (TPSA) is 324 Å². The smallest absolute Gasteiger partial charge is 0.482 e. The number of hydrogen-bond acceptors (Lipinski definition) is 17. The lowest BCUT2D eigenvalue weighted by Crippen LogP contribution is -2.45. The molecule has 0 aliphatic carbocycles. The van der Waals surface area contributed by atoms with Gasteiger partial charge in [0.05, 0.1) is 34.7 Å². The summed E-state index contributed by atoms with van der Waals surface area (Å²) in [7, 11) is -7.96. The van der Waals surface area contributed by atoms with Gasteiger partial charge in [0.15, 0.2) is 24.9 Å². The van der Waals surface area contributed by atoms with E-state index in [1.165, 1.54) is 67.5 Å². The number of anilines is 5. The van der Waals surface area contributed by atoms with Crippen molar-refractivity contribution in [2.45, 2.75) is 259 Å². The molecule has 0 radical (unpaired) electrons. The summed E-state index contributed by atoms with van der Waals surface area (Å²) in [6.45, 7) is 47.0. The van der Waals surface area contributed by atoms with E-state index in [0.29, 0.717) is 94.1 Å². The van der Waals surface area contributed by atoms with Crippen LogP contribution < -0.4 is 54.6 Å². The van der Waals surface area contributed by atoms with Crippen LogP contribution in [0.3, 0.4) is 0 Å². The Hall–Kier alpha value is -11.8. The molecule has 0 aromatic heterocycles. The van der Waals surface area contributed by atoms with Crippen LogP contribution in [0.1, 0.15) is 250 Å². The predicted molar refractivity (Wildman–Crippen MR) is 593 cm³/mol. The summed E-state index contributed by atoms with van der Waals surface area (Å²) in [6.07, 6.45) is 12.9. The Morgan fingerprint density at radius 3 is 1.26 bits per heavy atom. The van der Waals surface area contributed by atoms with Crippen LogP contribution in [0.4, 0.5) is 41.6 Å². The summed E-state index contributed by atoms with van der Waals surface area (Å²) in [4.78, 5) is 72.9. The fourth-order valence-corrected chi connectivity index (χ4v) is 21.0. The third kappa shape index (κ3) is 35.9. The molecule has 1 atom stereocenters. The zero-order valence-electron chi connectivity index (χ0n) is 92.0. The lowest BCUT2D eigenvalue weighted by Gasteiger charge is -2.31. The van der Waals surface area contributed by atoms with Gasteiger partial charge in [-0.3, -0.25) is 33.5 Å². The maximum Gasteiger partial charge on any atom is 0.511 e. The van der Waals surface area contributed by atoms with Gasteiger partial charge in [-0.2, -0.15) is 21.8 Å². The number of halogens is 3. The summed E-state index contributed by atoms with van der Waals surface area (Å²) >= 11 is 0. The number of hydrogen-bond donors (Lipinski definition) is 5. The first-order valence-electron chi connectivity index (χ1n) is 52.4. The summed E-state index contributed by atoms with van der Waals surface area (Å²) in [5, 5.41) is 11.4. The number of likely N-dealkylation sites (N-methyl/N-ethyl adjacent to an activating group) is 2. The van der Waals surface area contributed by atoms with Crippen LogP contribution in [0.15, 0.2) is 164 Å². The molecule has 0 bridgehead atoms. The Kier molecular flexibility index (Phi) is 42.8. The number of nitrogens with zero attached hydrogens (tertiary/aromatic N) is 4. The number of rotatable bonds is 20. The van der Waals surface area contributed by atoms with Crippen molar-refractivity contribution < 1.29 is 90.9 Å². The van der Waals surface area contributed by atoms with E-state index in [2.05, 4.69) is 223 Å². The van der Waals surface area contributed by atoms with Crippen LogP contribution in [0, 0.1) is 53.3 Å². The molecule has 9 aliphatic rings. The molecule has 6 amide bonds. The molecule has 5 N–H and O–H groups in total. The molecule has 0 spiro atoms. The average molecular weight is 2130 g/mol. The van der Waals surface area contributed by atoms with E-state index in [-0.39, 0.29) is 67.7 Å². The third-order valence-corrected chi connectivity index (χ3v) is 29.4. The molecule has 1 unspecified atom stereocenters. The third-order valence-electron chi connectivity index (χ3n) is 25.6. The van der Waals surface area contributed by atoms with E-state index in [0.717, 1.165) is 164 Å². The predicted octanol–water partition coefficient (Wildman–Crippen LogP) is 22.0. The number of ether oxygens (including phenoxy) is 5. The van der Waals surface area contributed by atoms with Crippen molar-refractivity contribution in [2.75, 3.05) is 91.3 Å². The minimum absolute atomic E-state index is 0.00852. The van der Waals surface area contributed by atoms with Crippen molar-refractivity contribution in [2.24, 2.45) is 53.3 Å². The number of benzene rings is 9. The largest absolute Gasteiger partial charge is 0.511 e. The lowest BCUT2D eigenvalue weighted by atomic mass is 9.94. The van der Waals surface area contributed by atoms with Gasteiger partial charge in [-0.1, -0.05) is 216 Å². The van der Waals surface area contributed by atoms with Gasteiger partial charge in [-0.25, -0.2) is 25.3 Å². The molecule has 0 saturated carbocycles. The molecular formula is C118H158F3N9O17S3. The maximum atomic E-state index is 12.6. The van der Waals surface area contributed by atoms with Crippen LogP contribution in [0.2, 0.25) is 0 Å². The van der Waals surface area contributed by atoms with Gasteiger partial charge in [-0.05, 0) is 314 Å². The highest BCUT2D eigenvalue weighted by Gasteiger charge is 2.50. The SMILES string of the molecule is CC(C)Cc1ccc2c(c1)C(=O)N(C)CC2.CC(C)Cc1ccc2c(c1)C(=O)NCC2.CC(C)Cc1ccc2c(c1)CN(S(=O)(=O)C(F)(F)F)CC2.CC(C)Cc1ccc2c(c1)CN(S(C)(=O)=O)CC2.CC(C)Cc1ccc2c(c1)N(C)C(=O)CO2.CC(C)Cc1ccc2c(c1)NC(=O)C(C)(C)O2.CC(C)Cc1ccc2c(c1)NC(=O)C(C)O2.CC(C)Cc1ccc2c(c1)NC(=O)CO2.CC(C)Cc1ccc2c(c1)NS(=O)(=O)CO2. The zero-order chi connectivity index (χ0) is 110. The number of amides is 6. The van der Waals surface area contributed by atoms with Gasteiger partial charge < -0.3 is 54.8 Å². The molecule has 9 heterocycles. The standard InChI is InChI=1S/C14H18F3NO2S.C14H21NO2S.C14H19NO2.C14H19NO.2C13H17NO2.C13H17NO.C12H15NO2.C11H15NO3S/c1-10(2)7-11-3-4-12-5-6-18(9-13(12)8-11)21(19,20)14(15,16)17;1-11(2)8-12-4-5-13-6-7-15(18(3,16)17)10-14(13)9-12;1-9(2)7-10-5-6-12-11(8-10)15-13(16)14(3,4)17-12;1-10(2)8-11-4-5-12-6-7-15(3)14(16)13(12)9-11;1-9(2)6-10-4-5-12-11(7-10)14(3)13(15)8-16-12;1-8(2)6-10-4-5-12-11(7-10)14-13(15)9(3)16-12;1-9(2)7-10-3-4-11-5-6-14-13(15)12(11)8-10;1-8(2)5-9-3-4-11-10(6-9)13-12(14)7-15-11;1-8(2)5-9-3-4-11-10(6-9)12-16(13,14)7-15-11/h3-4,8,10H,5-7,9H2,1-2H3;4-5,9,11H,6-8,10H2,1-3H3;5-6,8-9H,7H2,1-4H3,(H,15,16);4-5,9-10H,6-8H2,1-3H3;4-5,7,9H,6,8H2,1-3H3;4-5,7-9H,6H2,1-3H3,(H,14,15);3-4,8-9H,5-7H2,1-2H3,(H,14,15);3-4,6,8H,5,7H2,1-2H3,(H,13,14);3-4,6,8,12H,5,7H2,1-2H3. The molecule has 0 fully saturated rings. The normalized spacial score (nSPS) is 16.5. The number of sulfonamides is 3. The van der Waals surface area contributed by atoms with Gasteiger partial charge in [0.2, 0.25) is 16.0 Å². The highest BCUT2D eigenvalue weighted by Crippen LogP contribution is 2.40.